The number of nitrogens with zero attached hydrogens (tertiary/aromatic N) is 4. The molecule has 23 heavy (non-hydrogen) atoms. The van der Waals surface area contributed by atoms with Gasteiger partial charge in [0.2, 0.25) is 0 Å². The lowest BCUT2D eigenvalue weighted by molar-refractivity contribution is 0.200. The summed E-state index contributed by atoms with van der Waals surface area (Å²) in [5.74, 6) is 2.67. The Balaban J connectivity index is 1.39. The van der Waals surface area contributed by atoms with Crippen LogP contribution in [0.1, 0.15) is 36.8 Å². The summed E-state index contributed by atoms with van der Waals surface area (Å²) in [6, 6.07) is 10.1. The molecular weight excluding hydrogens is 288 g/mol. The van der Waals surface area contributed by atoms with Gasteiger partial charge in [0, 0.05) is 25.1 Å². The Kier molecular flexibility index (Phi) is 4.11. The molecule has 1 aliphatic heterocycles. The molecule has 3 aromatic rings. The molecular formula is C18H22N4O. The fourth-order valence-corrected chi connectivity index (χ4v) is 3.54. The molecule has 0 amide bonds. The molecule has 0 radical (unpaired) electrons. The van der Waals surface area contributed by atoms with Crippen LogP contribution in [0.3, 0.4) is 0 Å². The van der Waals surface area contributed by atoms with Crippen molar-refractivity contribution in [3.8, 4) is 0 Å². The third-order valence-corrected chi connectivity index (χ3v) is 4.69. The van der Waals surface area contributed by atoms with Crippen LogP contribution in [-0.2, 0) is 6.42 Å². The van der Waals surface area contributed by atoms with Crippen molar-refractivity contribution in [2.45, 2.75) is 31.6 Å². The summed E-state index contributed by atoms with van der Waals surface area (Å²) in [5.41, 5.74) is 0.942. The van der Waals surface area contributed by atoms with Gasteiger partial charge in [0.05, 0.1) is 6.26 Å². The maximum atomic E-state index is 5.41. The molecule has 0 aliphatic carbocycles. The van der Waals surface area contributed by atoms with E-state index in [-0.39, 0.29) is 0 Å². The zero-order valence-corrected chi connectivity index (χ0v) is 13.3. The van der Waals surface area contributed by atoms with Crippen LogP contribution in [0.15, 0.2) is 47.2 Å². The minimum atomic E-state index is 0.477. The van der Waals surface area contributed by atoms with Crippen LogP contribution in [-0.4, -0.2) is 39.1 Å². The SMILES string of the molecule is c1coc(CCCN2CCCC(c3nnc4ccccn34)C2)c1. The quantitative estimate of drug-likeness (QED) is 0.726. The second-order valence-corrected chi connectivity index (χ2v) is 6.31. The first-order valence-corrected chi connectivity index (χ1v) is 8.44. The normalized spacial score (nSPS) is 19.4. The van der Waals surface area contributed by atoms with Gasteiger partial charge in [0.15, 0.2) is 5.65 Å². The summed E-state index contributed by atoms with van der Waals surface area (Å²) in [7, 11) is 0. The van der Waals surface area contributed by atoms with E-state index >= 15 is 0 Å². The molecule has 4 heterocycles. The van der Waals surface area contributed by atoms with Crippen LogP contribution >= 0.6 is 0 Å². The van der Waals surface area contributed by atoms with E-state index in [1.54, 1.807) is 6.26 Å². The van der Waals surface area contributed by atoms with Gasteiger partial charge < -0.3 is 9.32 Å². The Morgan fingerprint density at radius 3 is 3.09 bits per heavy atom. The average molecular weight is 310 g/mol. The second-order valence-electron chi connectivity index (χ2n) is 6.31. The Labute approximate surface area is 135 Å². The fraction of sp³-hybridized carbons (Fsp3) is 0.444. The minimum absolute atomic E-state index is 0.477. The van der Waals surface area contributed by atoms with Crippen LogP contribution in [0.5, 0.6) is 0 Å². The monoisotopic (exact) mass is 310 g/mol. The average Bonchev–Trinajstić information content (AvgIpc) is 3.24. The highest BCUT2D eigenvalue weighted by molar-refractivity contribution is 5.37. The molecule has 0 saturated carbocycles. The van der Waals surface area contributed by atoms with E-state index in [1.807, 2.05) is 24.3 Å². The number of rotatable bonds is 5. The zero-order valence-electron chi connectivity index (χ0n) is 13.3. The number of piperidine rings is 1. The third-order valence-electron chi connectivity index (χ3n) is 4.69. The van der Waals surface area contributed by atoms with Crippen molar-refractivity contribution in [1.29, 1.82) is 0 Å². The summed E-state index contributed by atoms with van der Waals surface area (Å²) >= 11 is 0. The maximum absolute atomic E-state index is 5.41. The number of likely N-dealkylation sites (tertiary alicyclic amines) is 1. The van der Waals surface area contributed by atoms with Crippen LogP contribution in [0, 0.1) is 0 Å². The Morgan fingerprint density at radius 2 is 2.17 bits per heavy atom. The number of hydrogen-bond acceptors (Lipinski definition) is 4. The first-order valence-electron chi connectivity index (χ1n) is 8.44. The van der Waals surface area contributed by atoms with Gasteiger partial charge >= 0.3 is 0 Å². The maximum Gasteiger partial charge on any atom is 0.160 e. The van der Waals surface area contributed by atoms with E-state index in [0.29, 0.717) is 5.92 Å². The van der Waals surface area contributed by atoms with Gasteiger partial charge in [-0.2, -0.15) is 0 Å². The lowest BCUT2D eigenvalue weighted by atomic mass is 9.97. The minimum Gasteiger partial charge on any atom is -0.469 e. The number of pyridine rings is 1. The van der Waals surface area contributed by atoms with Gasteiger partial charge in [0.25, 0.3) is 0 Å². The van der Waals surface area contributed by atoms with E-state index in [1.165, 1.54) is 19.4 Å². The number of aryl methyl sites for hydroxylation is 1. The number of hydrogen-bond donors (Lipinski definition) is 0. The Hall–Kier alpha value is -2.14. The van der Waals surface area contributed by atoms with E-state index < -0.39 is 0 Å². The molecule has 0 N–H and O–H groups in total. The molecule has 3 aromatic heterocycles. The number of aromatic nitrogens is 3. The standard InChI is InChI=1S/C18H22N4O/c1-2-12-22-17(9-1)19-20-18(22)15-6-3-10-21(14-15)11-4-7-16-8-5-13-23-16/h1-2,5,8-9,12-13,15H,3-4,6-7,10-11,14H2. The van der Waals surface area contributed by atoms with Crippen molar-refractivity contribution in [2.75, 3.05) is 19.6 Å². The van der Waals surface area contributed by atoms with Gasteiger partial charge in [-0.05, 0) is 56.6 Å². The van der Waals surface area contributed by atoms with Crippen molar-refractivity contribution < 1.29 is 4.42 Å². The molecule has 0 spiro atoms. The molecule has 4 rings (SSSR count). The number of furan rings is 1. The molecule has 0 aromatic carbocycles. The van der Waals surface area contributed by atoms with Crippen LogP contribution in [0.4, 0.5) is 0 Å². The summed E-state index contributed by atoms with van der Waals surface area (Å²) in [6.45, 7) is 3.38. The van der Waals surface area contributed by atoms with Crippen LogP contribution in [0.25, 0.3) is 5.65 Å². The highest BCUT2D eigenvalue weighted by Crippen LogP contribution is 2.26. The lowest BCUT2D eigenvalue weighted by Crippen LogP contribution is -2.35. The molecule has 0 bridgehead atoms. The second kappa shape index (κ2) is 6.54. The van der Waals surface area contributed by atoms with E-state index in [9.17, 15) is 0 Å². The van der Waals surface area contributed by atoms with Gasteiger partial charge in [-0.15, -0.1) is 10.2 Å². The molecule has 1 unspecified atom stereocenters. The molecule has 1 aliphatic rings. The van der Waals surface area contributed by atoms with Crippen molar-refractivity contribution in [2.24, 2.45) is 0 Å². The van der Waals surface area contributed by atoms with E-state index in [2.05, 4.69) is 31.8 Å². The van der Waals surface area contributed by atoms with Crippen molar-refractivity contribution in [3.63, 3.8) is 0 Å². The highest BCUT2D eigenvalue weighted by Gasteiger charge is 2.24. The largest absolute Gasteiger partial charge is 0.469 e. The summed E-state index contributed by atoms with van der Waals surface area (Å²) in [6.07, 6.45) is 8.41. The smallest absolute Gasteiger partial charge is 0.160 e. The van der Waals surface area contributed by atoms with Crippen LogP contribution in [0.2, 0.25) is 0 Å². The van der Waals surface area contributed by atoms with Crippen LogP contribution < -0.4 is 0 Å². The fourth-order valence-electron chi connectivity index (χ4n) is 3.54. The molecule has 5 heteroatoms. The van der Waals surface area contributed by atoms with Gasteiger partial charge in [0.1, 0.15) is 11.6 Å². The Bertz CT molecular complexity index is 749. The van der Waals surface area contributed by atoms with E-state index in [0.717, 1.165) is 43.2 Å². The van der Waals surface area contributed by atoms with Crippen molar-refractivity contribution in [1.82, 2.24) is 19.5 Å². The highest BCUT2D eigenvalue weighted by atomic mass is 16.3. The van der Waals surface area contributed by atoms with Gasteiger partial charge in [-0.25, -0.2) is 0 Å². The van der Waals surface area contributed by atoms with Gasteiger partial charge in [-0.1, -0.05) is 6.07 Å². The molecule has 1 fully saturated rings. The molecule has 120 valence electrons. The number of fused-ring (bicyclic) bond motifs is 1. The van der Waals surface area contributed by atoms with Gasteiger partial charge in [-0.3, -0.25) is 4.40 Å². The zero-order chi connectivity index (χ0) is 15.5. The summed E-state index contributed by atoms with van der Waals surface area (Å²) in [4.78, 5) is 2.56. The molecule has 1 atom stereocenters. The lowest BCUT2D eigenvalue weighted by Gasteiger charge is -2.31. The summed E-state index contributed by atoms with van der Waals surface area (Å²) in [5, 5.41) is 8.74. The predicted molar refractivity (Wildman–Crippen MR) is 88.4 cm³/mol. The Morgan fingerprint density at radius 1 is 1.17 bits per heavy atom. The third kappa shape index (κ3) is 3.15. The molecule has 1 saturated heterocycles. The predicted octanol–water partition coefficient (Wildman–Crippen LogP) is 3.13. The molecule has 5 nitrogen and oxygen atoms in total. The van der Waals surface area contributed by atoms with Crippen molar-refractivity contribution >= 4 is 5.65 Å². The topological polar surface area (TPSA) is 46.6 Å². The summed E-state index contributed by atoms with van der Waals surface area (Å²) < 4.78 is 7.55. The van der Waals surface area contributed by atoms with E-state index in [4.69, 9.17) is 4.42 Å². The van der Waals surface area contributed by atoms with Crippen molar-refractivity contribution in [3.05, 3.63) is 54.4 Å². The first-order chi connectivity index (χ1) is 11.4. The first kappa shape index (κ1) is 14.5.